The molecular formula is C27H41N3O5S. The van der Waals surface area contributed by atoms with Crippen LogP contribution in [0.15, 0.2) is 53.4 Å². The van der Waals surface area contributed by atoms with Gasteiger partial charge in [-0.15, -0.1) is 0 Å². The van der Waals surface area contributed by atoms with Crippen LogP contribution < -0.4 is 20.5 Å². The van der Waals surface area contributed by atoms with E-state index in [9.17, 15) is 18.3 Å². The molecule has 0 bridgehead atoms. The van der Waals surface area contributed by atoms with E-state index in [-0.39, 0.29) is 23.3 Å². The molecular weight excluding hydrogens is 478 g/mol. The minimum absolute atomic E-state index is 0.0327. The summed E-state index contributed by atoms with van der Waals surface area (Å²) in [5.41, 5.74) is 7.66. The SMILES string of the molecule is CCCCc1cc(OC)ccc1S(=O)(=O)NC[C@@H](O)[C@H](Cc1ccccc1)NC(=O)[C@@H](N)[C@@H](C)CC. The Balaban J connectivity index is 2.21. The highest BCUT2D eigenvalue weighted by Gasteiger charge is 2.28. The maximum atomic E-state index is 13.2. The van der Waals surface area contributed by atoms with Crippen molar-refractivity contribution in [3.63, 3.8) is 0 Å². The van der Waals surface area contributed by atoms with Gasteiger partial charge in [0.1, 0.15) is 5.75 Å². The molecule has 2 aromatic carbocycles. The quantitative estimate of drug-likeness (QED) is 0.286. The Labute approximate surface area is 215 Å². The van der Waals surface area contributed by atoms with E-state index in [1.54, 1.807) is 12.1 Å². The van der Waals surface area contributed by atoms with Crippen molar-refractivity contribution < 1.29 is 23.1 Å². The van der Waals surface area contributed by atoms with E-state index >= 15 is 0 Å². The zero-order chi connectivity index (χ0) is 26.7. The highest BCUT2D eigenvalue weighted by molar-refractivity contribution is 7.89. The van der Waals surface area contributed by atoms with Crippen molar-refractivity contribution in [1.29, 1.82) is 0 Å². The van der Waals surface area contributed by atoms with Crippen LogP contribution in [-0.4, -0.2) is 51.3 Å². The first-order chi connectivity index (χ1) is 17.1. The lowest BCUT2D eigenvalue weighted by molar-refractivity contribution is -0.125. The third-order valence-electron chi connectivity index (χ3n) is 6.49. The number of carbonyl (C=O) groups excluding carboxylic acids is 1. The summed E-state index contributed by atoms with van der Waals surface area (Å²) in [5.74, 6) is 0.183. The number of carbonyl (C=O) groups is 1. The number of aryl methyl sites for hydroxylation is 1. The minimum Gasteiger partial charge on any atom is -0.497 e. The number of nitrogens with two attached hydrogens (primary N) is 1. The summed E-state index contributed by atoms with van der Waals surface area (Å²) >= 11 is 0. The zero-order valence-electron chi connectivity index (χ0n) is 21.7. The van der Waals surface area contributed by atoms with Crippen LogP contribution in [0.1, 0.15) is 51.2 Å². The average Bonchev–Trinajstić information content (AvgIpc) is 2.89. The van der Waals surface area contributed by atoms with Gasteiger partial charge in [-0.2, -0.15) is 0 Å². The molecule has 0 radical (unpaired) electrons. The number of methoxy groups -OCH3 is 1. The summed E-state index contributed by atoms with van der Waals surface area (Å²) in [7, 11) is -2.38. The molecule has 0 spiro atoms. The number of rotatable bonds is 15. The Kier molecular flexibility index (Phi) is 11.8. The summed E-state index contributed by atoms with van der Waals surface area (Å²) in [5, 5.41) is 13.8. The second kappa shape index (κ2) is 14.3. The average molecular weight is 520 g/mol. The van der Waals surface area contributed by atoms with Crippen LogP contribution in [0.5, 0.6) is 5.75 Å². The maximum absolute atomic E-state index is 13.2. The predicted octanol–water partition coefficient (Wildman–Crippen LogP) is 2.78. The first-order valence-corrected chi connectivity index (χ1v) is 14.1. The monoisotopic (exact) mass is 519 g/mol. The fourth-order valence-corrected chi connectivity index (χ4v) is 5.16. The summed E-state index contributed by atoms with van der Waals surface area (Å²) < 4.78 is 34.2. The third-order valence-corrected chi connectivity index (χ3v) is 8.01. The van der Waals surface area contributed by atoms with Gasteiger partial charge in [0.05, 0.1) is 30.2 Å². The summed E-state index contributed by atoms with van der Waals surface area (Å²) in [6, 6.07) is 12.8. The molecule has 8 nitrogen and oxygen atoms in total. The van der Waals surface area contributed by atoms with Crippen molar-refractivity contribution in [2.45, 2.75) is 76.0 Å². The highest BCUT2D eigenvalue weighted by atomic mass is 32.2. The molecule has 0 aliphatic heterocycles. The van der Waals surface area contributed by atoms with E-state index < -0.39 is 28.2 Å². The van der Waals surface area contributed by atoms with Gasteiger partial charge in [-0.3, -0.25) is 4.79 Å². The summed E-state index contributed by atoms with van der Waals surface area (Å²) in [4.78, 5) is 12.9. The van der Waals surface area contributed by atoms with E-state index in [1.165, 1.54) is 13.2 Å². The van der Waals surface area contributed by atoms with Crippen molar-refractivity contribution in [1.82, 2.24) is 10.0 Å². The second-order valence-corrected chi connectivity index (χ2v) is 10.9. The normalized spacial score (nSPS) is 15.1. The van der Waals surface area contributed by atoms with Gasteiger partial charge in [0, 0.05) is 6.54 Å². The van der Waals surface area contributed by atoms with Crippen molar-refractivity contribution in [3.8, 4) is 5.75 Å². The van der Waals surface area contributed by atoms with Gasteiger partial charge in [0.2, 0.25) is 15.9 Å². The summed E-state index contributed by atoms with van der Waals surface area (Å²) in [6.07, 6.45) is 2.23. The molecule has 0 aromatic heterocycles. The predicted molar refractivity (Wildman–Crippen MR) is 142 cm³/mol. The molecule has 200 valence electrons. The lowest BCUT2D eigenvalue weighted by Crippen LogP contribution is -2.54. The first kappa shape index (κ1) is 29.8. The van der Waals surface area contributed by atoms with Crippen LogP contribution in [0.2, 0.25) is 0 Å². The molecule has 2 aromatic rings. The molecule has 1 amide bonds. The Morgan fingerprint density at radius 1 is 1.14 bits per heavy atom. The van der Waals surface area contributed by atoms with Crippen LogP contribution >= 0.6 is 0 Å². The summed E-state index contributed by atoms with van der Waals surface area (Å²) in [6.45, 7) is 5.62. The first-order valence-electron chi connectivity index (χ1n) is 12.6. The molecule has 36 heavy (non-hydrogen) atoms. The molecule has 5 N–H and O–H groups in total. The Bertz CT molecular complexity index is 1060. The zero-order valence-corrected chi connectivity index (χ0v) is 22.6. The molecule has 0 aliphatic carbocycles. The van der Waals surface area contributed by atoms with Crippen LogP contribution in [0.25, 0.3) is 0 Å². The molecule has 9 heteroatoms. The van der Waals surface area contributed by atoms with Crippen LogP contribution in [0.4, 0.5) is 0 Å². The molecule has 0 unspecified atom stereocenters. The van der Waals surface area contributed by atoms with E-state index in [1.807, 2.05) is 51.1 Å². The molecule has 0 saturated carbocycles. The molecule has 0 heterocycles. The molecule has 0 saturated heterocycles. The fourth-order valence-electron chi connectivity index (χ4n) is 3.87. The molecule has 0 aliphatic rings. The number of hydrogen-bond acceptors (Lipinski definition) is 6. The van der Waals surface area contributed by atoms with Gasteiger partial charge in [-0.1, -0.05) is 63.9 Å². The van der Waals surface area contributed by atoms with Crippen molar-refractivity contribution >= 4 is 15.9 Å². The van der Waals surface area contributed by atoms with Gasteiger partial charge in [0.25, 0.3) is 0 Å². The van der Waals surface area contributed by atoms with Gasteiger partial charge in [0.15, 0.2) is 0 Å². The Hall–Kier alpha value is -2.46. The van der Waals surface area contributed by atoms with E-state index in [0.717, 1.165) is 24.8 Å². The van der Waals surface area contributed by atoms with Gasteiger partial charge in [-0.25, -0.2) is 13.1 Å². The smallest absolute Gasteiger partial charge is 0.240 e. The minimum atomic E-state index is -3.91. The van der Waals surface area contributed by atoms with Crippen molar-refractivity contribution in [2.75, 3.05) is 13.7 Å². The number of amides is 1. The number of sulfonamides is 1. The number of nitrogens with one attached hydrogen (secondary N) is 2. The van der Waals surface area contributed by atoms with Crippen LogP contribution in [0.3, 0.4) is 0 Å². The fraction of sp³-hybridized carbons (Fsp3) is 0.519. The van der Waals surface area contributed by atoms with Gasteiger partial charge < -0.3 is 20.9 Å². The third kappa shape index (κ3) is 8.58. The largest absolute Gasteiger partial charge is 0.497 e. The van der Waals surface area contributed by atoms with Crippen molar-refractivity contribution in [2.24, 2.45) is 11.7 Å². The number of hydrogen-bond donors (Lipinski definition) is 4. The number of benzene rings is 2. The number of ether oxygens (including phenoxy) is 1. The molecule has 2 rings (SSSR count). The van der Waals surface area contributed by atoms with E-state index in [4.69, 9.17) is 10.5 Å². The van der Waals surface area contributed by atoms with Crippen LogP contribution in [-0.2, 0) is 27.7 Å². The topological polar surface area (TPSA) is 131 Å². The van der Waals surface area contributed by atoms with E-state index in [2.05, 4.69) is 10.0 Å². The number of aliphatic hydroxyl groups is 1. The lowest BCUT2D eigenvalue weighted by Gasteiger charge is -2.27. The second-order valence-electron chi connectivity index (χ2n) is 9.21. The molecule has 0 fully saturated rings. The highest BCUT2D eigenvalue weighted by Crippen LogP contribution is 2.23. The number of unbranched alkanes of at least 4 members (excludes halogenated alkanes) is 1. The Morgan fingerprint density at radius 2 is 1.83 bits per heavy atom. The van der Waals surface area contributed by atoms with Crippen molar-refractivity contribution in [3.05, 3.63) is 59.7 Å². The lowest BCUT2D eigenvalue weighted by atomic mass is 9.97. The standard InChI is InChI=1S/C27H41N3O5S/c1-5-7-13-21-17-22(35-4)14-15-25(21)36(33,34)29-18-24(31)23(16-20-11-9-8-10-12-20)30-27(32)26(28)19(3)6-2/h8-12,14-15,17,19,23-24,26,29,31H,5-7,13,16,18,28H2,1-4H3,(H,30,32)/t19-,23-,24+,26-/m0/s1. The van der Waals surface area contributed by atoms with Gasteiger partial charge in [-0.05, 0) is 54.5 Å². The molecule has 4 atom stereocenters. The van der Waals surface area contributed by atoms with E-state index in [0.29, 0.717) is 24.2 Å². The number of aliphatic hydroxyl groups excluding tert-OH is 1. The Morgan fingerprint density at radius 3 is 2.44 bits per heavy atom. The van der Waals surface area contributed by atoms with Gasteiger partial charge >= 0.3 is 0 Å². The maximum Gasteiger partial charge on any atom is 0.240 e. The van der Waals surface area contributed by atoms with Crippen LogP contribution in [0, 0.1) is 5.92 Å².